The summed E-state index contributed by atoms with van der Waals surface area (Å²) in [7, 11) is 1.28. The Kier molecular flexibility index (Phi) is 4.71. The highest BCUT2D eigenvalue weighted by Gasteiger charge is 2.34. The lowest BCUT2D eigenvalue weighted by atomic mass is 9.96. The summed E-state index contributed by atoms with van der Waals surface area (Å²) < 4.78 is 4.55. The molecule has 0 spiro atoms. The Morgan fingerprint density at radius 3 is 3.08 bits per heavy atom. The molecule has 2 N–H and O–H groups in total. The SMILES string of the molecule is COC(=O)CNC(=O)N1CCc2[nH]cnc2C1c1cccc(Cl)c1. The topological polar surface area (TPSA) is 87.3 Å². The predicted octanol–water partition coefficient (Wildman–Crippen LogP) is 1.89. The minimum Gasteiger partial charge on any atom is -0.468 e. The Labute approximate surface area is 144 Å². The number of carbonyl (C=O) groups excluding carboxylic acids is 2. The number of urea groups is 1. The van der Waals surface area contributed by atoms with Gasteiger partial charge in [-0.05, 0) is 17.7 Å². The number of rotatable bonds is 3. The quantitative estimate of drug-likeness (QED) is 0.829. The summed E-state index contributed by atoms with van der Waals surface area (Å²) in [5.74, 6) is -0.500. The Morgan fingerprint density at radius 2 is 2.33 bits per heavy atom. The van der Waals surface area contributed by atoms with Gasteiger partial charge in [-0.15, -0.1) is 0 Å². The first-order valence-electron chi connectivity index (χ1n) is 7.49. The van der Waals surface area contributed by atoms with Crippen LogP contribution in [0.1, 0.15) is 23.0 Å². The molecule has 1 aliphatic rings. The van der Waals surface area contributed by atoms with Crippen LogP contribution in [0, 0.1) is 0 Å². The van der Waals surface area contributed by atoms with Gasteiger partial charge >= 0.3 is 12.0 Å². The van der Waals surface area contributed by atoms with Crippen molar-refractivity contribution in [2.24, 2.45) is 0 Å². The predicted molar refractivity (Wildman–Crippen MR) is 87.7 cm³/mol. The lowest BCUT2D eigenvalue weighted by Crippen LogP contribution is -2.47. The van der Waals surface area contributed by atoms with Crippen molar-refractivity contribution in [2.75, 3.05) is 20.2 Å². The highest BCUT2D eigenvalue weighted by Crippen LogP contribution is 2.34. The van der Waals surface area contributed by atoms with Gasteiger partial charge in [0.2, 0.25) is 0 Å². The Morgan fingerprint density at radius 1 is 1.50 bits per heavy atom. The number of H-pyrrole nitrogens is 1. The number of esters is 1. The zero-order chi connectivity index (χ0) is 17.1. The number of fused-ring (bicyclic) bond motifs is 1. The van der Waals surface area contributed by atoms with E-state index in [0.717, 1.165) is 17.0 Å². The van der Waals surface area contributed by atoms with Gasteiger partial charge in [-0.2, -0.15) is 0 Å². The highest BCUT2D eigenvalue weighted by molar-refractivity contribution is 6.30. The molecule has 0 saturated heterocycles. The van der Waals surface area contributed by atoms with Crippen LogP contribution in [-0.4, -0.2) is 47.1 Å². The Bertz CT molecular complexity index is 761. The molecule has 126 valence electrons. The molecular weight excluding hydrogens is 332 g/mol. The minimum atomic E-state index is -0.500. The highest BCUT2D eigenvalue weighted by atomic mass is 35.5. The summed E-state index contributed by atoms with van der Waals surface area (Å²) in [6, 6.07) is 6.62. The molecule has 0 saturated carbocycles. The molecule has 2 heterocycles. The fourth-order valence-electron chi connectivity index (χ4n) is 2.83. The van der Waals surface area contributed by atoms with Crippen molar-refractivity contribution in [3.05, 3.63) is 52.6 Å². The van der Waals surface area contributed by atoms with Gasteiger partial charge in [0.05, 0.1) is 19.1 Å². The summed E-state index contributed by atoms with van der Waals surface area (Å²) in [6.07, 6.45) is 2.29. The lowest BCUT2D eigenvalue weighted by Gasteiger charge is -2.35. The molecule has 1 atom stereocenters. The molecule has 8 heteroatoms. The van der Waals surface area contributed by atoms with Crippen LogP contribution in [0.2, 0.25) is 5.02 Å². The summed E-state index contributed by atoms with van der Waals surface area (Å²) in [5, 5.41) is 3.17. The molecule has 1 aromatic carbocycles. The van der Waals surface area contributed by atoms with Crippen molar-refractivity contribution in [2.45, 2.75) is 12.5 Å². The maximum absolute atomic E-state index is 12.6. The second-order valence-electron chi connectivity index (χ2n) is 5.40. The van der Waals surface area contributed by atoms with E-state index in [1.54, 1.807) is 17.3 Å². The van der Waals surface area contributed by atoms with Gasteiger partial charge < -0.3 is 19.9 Å². The maximum Gasteiger partial charge on any atom is 0.325 e. The van der Waals surface area contributed by atoms with Crippen LogP contribution in [-0.2, 0) is 16.0 Å². The number of nitrogens with one attached hydrogen (secondary N) is 2. The van der Waals surface area contributed by atoms with Gasteiger partial charge in [-0.1, -0.05) is 23.7 Å². The van der Waals surface area contributed by atoms with Gasteiger partial charge in [-0.25, -0.2) is 9.78 Å². The molecule has 1 aromatic heterocycles. The summed E-state index contributed by atoms with van der Waals surface area (Å²) in [5.41, 5.74) is 2.65. The molecule has 0 aliphatic carbocycles. The van der Waals surface area contributed by atoms with E-state index in [0.29, 0.717) is 18.0 Å². The van der Waals surface area contributed by atoms with Gasteiger partial charge in [-0.3, -0.25) is 4.79 Å². The molecule has 1 unspecified atom stereocenters. The van der Waals surface area contributed by atoms with Crippen LogP contribution < -0.4 is 5.32 Å². The molecule has 2 amide bonds. The largest absolute Gasteiger partial charge is 0.468 e. The van der Waals surface area contributed by atoms with Crippen LogP contribution in [0.4, 0.5) is 4.79 Å². The number of benzene rings is 1. The van der Waals surface area contributed by atoms with Crippen LogP contribution >= 0.6 is 11.6 Å². The van der Waals surface area contributed by atoms with Crippen LogP contribution in [0.25, 0.3) is 0 Å². The average molecular weight is 349 g/mol. The number of hydrogen-bond donors (Lipinski definition) is 2. The standard InChI is InChI=1S/C16H17ClN4O3/c1-24-13(22)8-18-16(23)21-6-5-12-14(20-9-19-12)15(21)10-3-2-4-11(17)7-10/h2-4,7,9,15H,5-6,8H2,1H3,(H,18,23)(H,19,20). The van der Waals surface area contributed by atoms with Crippen molar-refractivity contribution in [3.8, 4) is 0 Å². The molecule has 0 radical (unpaired) electrons. The van der Waals surface area contributed by atoms with Gasteiger partial charge in [0.25, 0.3) is 0 Å². The van der Waals surface area contributed by atoms with E-state index >= 15 is 0 Å². The summed E-state index contributed by atoms with van der Waals surface area (Å²) >= 11 is 6.11. The van der Waals surface area contributed by atoms with Gasteiger partial charge in [0, 0.05) is 23.7 Å². The third kappa shape index (κ3) is 3.21. The average Bonchev–Trinajstić information content (AvgIpc) is 3.07. The molecular formula is C16H17ClN4O3. The molecule has 0 bridgehead atoms. The maximum atomic E-state index is 12.6. The van der Waals surface area contributed by atoms with E-state index in [-0.39, 0.29) is 18.6 Å². The Hall–Kier alpha value is -2.54. The Balaban J connectivity index is 1.90. The zero-order valence-corrected chi connectivity index (χ0v) is 13.8. The fraction of sp³-hybridized carbons (Fsp3) is 0.312. The van der Waals surface area contributed by atoms with Crippen molar-refractivity contribution in [1.82, 2.24) is 20.2 Å². The van der Waals surface area contributed by atoms with E-state index in [4.69, 9.17) is 11.6 Å². The summed E-state index contributed by atoms with van der Waals surface area (Å²) in [4.78, 5) is 33.0. The number of amides is 2. The molecule has 0 fully saturated rings. The van der Waals surface area contributed by atoms with Crippen LogP contribution in [0.3, 0.4) is 0 Å². The monoisotopic (exact) mass is 348 g/mol. The van der Waals surface area contributed by atoms with E-state index in [1.165, 1.54) is 7.11 Å². The van der Waals surface area contributed by atoms with Crippen molar-refractivity contribution in [1.29, 1.82) is 0 Å². The van der Waals surface area contributed by atoms with E-state index in [1.807, 2.05) is 18.2 Å². The van der Waals surface area contributed by atoms with Gasteiger partial charge in [0.1, 0.15) is 12.6 Å². The third-order valence-corrected chi connectivity index (χ3v) is 4.20. The normalized spacial score (nSPS) is 16.4. The smallest absolute Gasteiger partial charge is 0.325 e. The fourth-order valence-corrected chi connectivity index (χ4v) is 3.03. The van der Waals surface area contributed by atoms with E-state index in [9.17, 15) is 9.59 Å². The number of methoxy groups -OCH3 is 1. The molecule has 24 heavy (non-hydrogen) atoms. The second kappa shape index (κ2) is 6.92. The lowest BCUT2D eigenvalue weighted by molar-refractivity contribution is -0.139. The molecule has 1 aliphatic heterocycles. The van der Waals surface area contributed by atoms with Crippen molar-refractivity contribution < 1.29 is 14.3 Å². The third-order valence-electron chi connectivity index (χ3n) is 3.96. The van der Waals surface area contributed by atoms with Crippen molar-refractivity contribution >= 4 is 23.6 Å². The van der Waals surface area contributed by atoms with Gasteiger partial charge in [0.15, 0.2) is 0 Å². The van der Waals surface area contributed by atoms with E-state index < -0.39 is 5.97 Å². The number of aromatic nitrogens is 2. The number of halogens is 1. The minimum absolute atomic E-state index is 0.179. The van der Waals surface area contributed by atoms with E-state index in [2.05, 4.69) is 20.0 Å². The first kappa shape index (κ1) is 16.3. The number of imidazole rings is 1. The first-order valence-corrected chi connectivity index (χ1v) is 7.87. The van der Waals surface area contributed by atoms with Crippen LogP contribution in [0.5, 0.6) is 0 Å². The molecule has 2 aromatic rings. The molecule has 3 rings (SSSR count). The number of carbonyl (C=O) groups is 2. The first-order chi connectivity index (χ1) is 11.6. The number of hydrogen-bond acceptors (Lipinski definition) is 4. The number of aromatic amines is 1. The second-order valence-corrected chi connectivity index (χ2v) is 5.84. The van der Waals surface area contributed by atoms with Crippen molar-refractivity contribution in [3.63, 3.8) is 0 Å². The number of nitrogens with zero attached hydrogens (tertiary/aromatic N) is 2. The molecule has 7 nitrogen and oxygen atoms in total. The summed E-state index contributed by atoms with van der Waals surface area (Å²) in [6.45, 7) is 0.320. The zero-order valence-electron chi connectivity index (χ0n) is 13.1. The van der Waals surface area contributed by atoms with Crippen LogP contribution in [0.15, 0.2) is 30.6 Å². The number of ether oxygens (including phenoxy) is 1.